The number of nitrogens with one attached hydrogen (secondary N) is 1. The lowest BCUT2D eigenvalue weighted by Crippen LogP contribution is -2.03. The van der Waals surface area contributed by atoms with Crippen LogP contribution in [0.5, 0.6) is 5.88 Å². The molecular formula is C11H10BrClN4O. The summed E-state index contributed by atoms with van der Waals surface area (Å²) >= 11 is 9.20. The van der Waals surface area contributed by atoms with Crippen molar-refractivity contribution in [3.63, 3.8) is 0 Å². The molecule has 0 aromatic carbocycles. The first-order valence-corrected chi connectivity index (χ1v) is 6.26. The van der Waals surface area contributed by atoms with E-state index in [-0.39, 0.29) is 0 Å². The maximum atomic E-state index is 5.88. The van der Waals surface area contributed by atoms with E-state index in [1.807, 2.05) is 12.1 Å². The Morgan fingerprint density at radius 1 is 1.39 bits per heavy atom. The number of nitrogens with zero attached hydrogens (tertiary/aromatic N) is 3. The summed E-state index contributed by atoms with van der Waals surface area (Å²) in [5.41, 5.74) is 1.03. The highest BCUT2D eigenvalue weighted by Gasteiger charge is 2.06. The van der Waals surface area contributed by atoms with Gasteiger partial charge in [0.2, 0.25) is 5.88 Å². The molecule has 2 heterocycles. The number of halogens is 2. The van der Waals surface area contributed by atoms with Crippen molar-refractivity contribution in [2.75, 3.05) is 12.4 Å². The molecule has 0 unspecified atom stereocenters. The third-order valence-electron chi connectivity index (χ3n) is 2.22. The van der Waals surface area contributed by atoms with E-state index in [1.54, 1.807) is 13.3 Å². The van der Waals surface area contributed by atoms with Gasteiger partial charge in [-0.25, -0.2) is 15.0 Å². The summed E-state index contributed by atoms with van der Waals surface area (Å²) in [6.45, 7) is 0.588. The molecule has 0 aliphatic heterocycles. The van der Waals surface area contributed by atoms with Crippen LogP contribution in [0.25, 0.3) is 0 Å². The highest BCUT2D eigenvalue weighted by molar-refractivity contribution is 9.10. The minimum Gasteiger partial charge on any atom is -0.481 e. The second kappa shape index (κ2) is 5.97. The molecule has 2 aromatic rings. The predicted octanol–water partition coefficient (Wildman–Crippen LogP) is 2.91. The van der Waals surface area contributed by atoms with Gasteiger partial charge in [-0.1, -0.05) is 11.6 Å². The Kier molecular flexibility index (Phi) is 4.33. The normalized spacial score (nSPS) is 10.2. The Balaban J connectivity index is 2.09. The summed E-state index contributed by atoms with van der Waals surface area (Å²) in [5, 5.41) is 3.53. The van der Waals surface area contributed by atoms with Gasteiger partial charge in [0.05, 0.1) is 11.6 Å². The predicted molar refractivity (Wildman–Crippen MR) is 72.9 cm³/mol. The first kappa shape index (κ1) is 13.0. The number of hydrogen-bond acceptors (Lipinski definition) is 5. The zero-order chi connectivity index (χ0) is 13.0. The topological polar surface area (TPSA) is 59.9 Å². The number of ether oxygens (including phenoxy) is 1. The Morgan fingerprint density at radius 2 is 2.22 bits per heavy atom. The molecule has 0 atom stereocenters. The molecule has 18 heavy (non-hydrogen) atoms. The number of rotatable bonds is 4. The van der Waals surface area contributed by atoms with Crippen molar-refractivity contribution in [3.05, 3.63) is 39.8 Å². The highest BCUT2D eigenvalue weighted by atomic mass is 79.9. The number of anilines is 1. The van der Waals surface area contributed by atoms with E-state index < -0.39 is 0 Å². The fourth-order valence-electron chi connectivity index (χ4n) is 1.33. The number of pyridine rings is 1. The van der Waals surface area contributed by atoms with Crippen LogP contribution in [0.1, 0.15) is 5.56 Å². The van der Waals surface area contributed by atoms with Gasteiger partial charge in [0.25, 0.3) is 0 Å². The quantitative estimate of drug-likeness (QED) is 0.874. The van der Waals surface area contributed by atoms with Crippen molar-refractivity contribution in [3.8, 4) is 5.88 Å². The molecule has 0 radical (unpaired) electrons. The number of aromatic nitrogens is 3. The lowest BCUT2D eigenvalue weighted by atomic mass is 10.2. The van der Waals surface area contributed by atoms with Gasteiger partial charge in [-0.05, 0) is 27.6 Å². The van der Waals surface area contributed by atoms with Crippen molar-refractivity contribution >= 4 is 33.3 Å². The molecule has 0 saturated heterocycles. The van der Waals surface area contributed by atoms with Crippen LogP contribution in [0.15, 0.2) is 29.1 Å². The van der Waals surface area contributed by atoms with Crippen molar-refractivity contribution in [2.24, 2.45) is 0 Å². The zero-order valence-corrected chi connectivity index (χ0v) is 11.9. The fourth-order valence-corrected chi connectivity index (χ4v) is 1.81. The summed E-state index contributed by atoms with van der Waals surface area (Å²) in [5.74, 6) is 1.22. The summed E-state index contributed by atoms with van der Waals surface area (Å²) in [4.78, 5) is 12.0. The van der Waals surface area contributed by atoms with Gasteiger partial charge in [0, 0.05) is 18.8 Å². The second-order valence-corrected chi connectivity index (χ2v) is 4.54. The van der Waals surface area contributed by atoms with Crippen molar-refractivity contribution in [1.29, 1.82) is 0 Å². The first-order valence-electron chi connectivity index (χ1n) is 5.09. The van der Waals surface area contributed by atoms with E-state index in [9.17, 15) is 0 Å². The van der Waals surface area contributed by atoms with Gasteiger partial charge >= 0.3 is 0 Å². The molecule has 7 heteroatoms. The fraction of sp³-hybridized carbons (Fsp3) is 0.182. The van der Waals surface area contributed by atoms with Gasteiger partial charge in [-0.3, -0.25) is 0 Å². The molecule has 0 fully saturated rings. The minimum absolute atomic E-state index is 0.375. The monoisotopic (exact) mass is 328 g/mol. The van der Waals surface area contributed by atoms with E-state index in [4.69, 9.17) is 16.3 Å². The molecule has 0 aliphatic rings. The Morgan fingerprint density at radius 3 is 3.00 bits per heavy atom. The maximum absolute atomic E-state index is 5.88. The maximum Gasteiger partial charge on any atom is 0.213 e. The molecule has 2 aromatic heterocycles. The first-order chi connectivity index (χ1) is 8.70. The molecule has 0 aliphatic carbocycles. The Bertz CT molecular complexity index is 552. The zero-order valence-electron chi connectivity index (χ0n) is 9.52. The summed E-state index contributed by atoms with van der Waals surface area (Å²) < 4.78 is 5.70. The van der Waals surface area contributed by atoms with Crippen LogP contribution in [0.3, 0.4) is 0 Å². The molecule has 2 rings (SSSR count). The van der Waals surface area contributed by atoms with Crippen LogP contribution in [-0.4, -0.2) is 22.1 Å². The van der Waals surface area contributed by atoms with Crippen LogP contribution >= 0.6 is 27.5 Å². The SMILES string of the molecule is COc1cc(CNc2ncnc(Cl)c2Br)ccn1. The van der Waals surface area contributed by atoms with E-state index in [2.05, 4.69) is 36.2 Å². The van der Waals surface area contributed by atoms with Crippen LogP contribution in [0.2, 0.25) is 5.15 Å². The third kappa shape index (κ3) is 3.08. The summed E-state index contributed by atoms with van der Waals surface area (Å²) in [7, 11) is 1.58. The Hall–Kier alpha value is -1.40. The van der Waals surface area contributed by atoms with E-state index in [0.717, 1.165) is 5.56 Å². The van der Waals surface area contributed by atoms with Crippen molar-refractivity contribution in [1.82, 2.24) is 15.0 Å². The van der Waals surface area contributed by atoms with Crippen LogP contribution in [-0.2, 0) is 6.54 Å². The summed E-state index contributed by atoms with van der Waals surface area (Å²) in [6.07, 6.45) is 3.10. The second-order valence-electron chi connectivity index (χ2n) is 3.39. The largest absolute Gasteiger partial charge is 0.481 e. The van der Waals surface area contributed by atoms with Crippen molar-refractivity contribution < 1.29 is 4.74 Å². The average Bonchev–Trinajstić information content (AvgIpc) is 2.41. The van der Waals surface area contributed by atoms with Crippen LogP contribution < -0.4 is 10.1 Å². The number of methoxy groups -OCH3 is 1. The Labute approximate surface area is 118 Å². The molecule has 1 N–H and O–H groups in total. The lowest BCUT2D eigenvalue weighted by molar-refractivity contribution is 0.397. The molecule has 0 bridgehead atoms. The van der Waals surface area contributed by atoms with E-state index in [0.29, 0.717) is 27.9 Å². The molecule has 5 nitrogen and oxygen atoms in total. The van der Waals surface area contributed by atoms with E-state index >= 15 is 0 Å². The lowest BCUT2D eigenvalue weighted by Gasteiger charge is -2.08. The van der Waals surface area contributed by atoms with Crippen LogP contribution in [0, 0.1) is 0 Å². The smallest absolute Gasteiger partial charge is 0.213 e. The highest BCUT2D eigenvalue weighted by Crippen LogP contribution is 2.26. The molecule has 0 saturated carbocycles. The van der Waals surface area contributed by atoms with Gasteiger partial charge in [0.1, 0.15) is 17.3 Å². The molecule has 0 spiro atoms. The van der Waals surface area contributed by atoms with Gasteiger partial charge < -0.3 is 10.1 Å². The molecule has 94 valence electrons. The average molecular weight is 330 g/mol. The standard InChI is InChI=1S/C11H10BrClN4O/c1-18-8-4-7(2-3-14-8)5-15-11-9(12)10(13)16-6-17-11/h2-4,6H,5H2,1H3,(H,15,16,17). The van der Waals surface area contributed by atoms with Gasteiger partial charge in [-0.15, -0.1) is 0 Å². The minimum atomic E-state index is 0.375. The van der Waals surface area contributed by atoms with Crippen LogP contribution in [0.4, 0.5) is 5.82 Å². The molecule has 0 amide bonds. The van der Waals surface area contributed by atoms with Gasteiger partial charge in [-0.2, -0.15) is 0 Å². The number of hydrogen-bond donors (Lipinski definition) is 1. The third-order valence-corrected chi connectivity index (χ3v) is 3.48. The van der Waals surface area contributed by atoms with Gasteiger partial charge in [0.15, 0.2) is 0 Å². The van der Waals surface area contributed by atoms with Crippen molar-refractivity contribution in [2.45, 2.75) is 6.54 Å². The molecular weight excluding hydrogens is 320 g/mol. The van der Waals surface area contributed by atoms with E-state index in [1.165, 1.54) is 6.33 Å². The summed E-state index contributed by atoms with van der Waals surface area (Å²) in [6, 6.07) is 3.75.